The van der Waals surface area contributed by atoms with Crippen molar-refractivity contribution in [3.05, 3.63) is 53.6 Å². The van der Waals surface area contributed by atoms with Crippen molar-refractivity contribution in [1.29, 1.82) is 0 Å². The van der Waals surface area contributed by atoms with Gasteiger partial charge in [0, 0.05) is 22.9 Å². The number of aryl methyl sites for hydroxylation is 1. The number of benzene rings is 2. The van der Waals surface area contributed by atoms with E-state index < -0.39 is 0 Å². The van der Waals surface area contributed by atoms with E-state index in [1.54, 1.807) is 24.3 Å². The summed E-state index contributed by atoms with van der Waals surface area (Å²) in [5.74, 6) is 0.835. The number of rotatable bonds is 7. The zero-order valence-corrected chi connectivity index (χ0v) is 15.2. The molecule has 0 atom stereocenters. The van der Waals surface area contributed by atoms with E-state index in [0.717, 1.165) is 36.3 Å². The van der Waals surface area contributed by atoms with Crippen LogP contribution in [0.3, 0.4) is 0 Å². The van der Waals surface area contributed by atoms with Gasteiger partial charge in [0.25, 0.3) is 5.91 Å². The lowest BCUT2D eigenvalue weighted by Crippen LogP contribution is -2.15. The first-order valence-electron chi connectivity index (χ1n) is 9.02. The molecule has 0 saturated heterocycles. The number of anilines is 2. The second kappa shape index (κ2) is 8.04. The molecule has 26 heavy (non-hydrogen) atoms. The van der Waals surface area contributed by atoms with Gasteiger partial charge >= 0.3 is 0 Å². The highest BCUT2D eigenvalue weighted by atomic mass is 16.5. The number of carbonyl (C=O) groups excluding carboxylic acids is 2. The van der Waals surface area contributed by atoms with Gasteiger partial charge in [-0.3, -0.25) is 9.59 Å². The van der Waals surface area contributed by atoms with E-state index in [1.165, 1.54) is 0 Å². The van der Waals surface area contributed by atoms with Crippen LogP contribution in [-0.2, 0) is 4.79 Å². The first-order chi connectivity index (χ1) is 12.6. The van der Waals surface area contributed by atoms with Gasteiger partial charge in [0.05, 0.1) is 6.61 Å². The number of ether oxygens (including phenoxy) is 1. The van der Waals surface area contributed by atoms with Crippen molar-refractivity contribution < 1.29 is 14.3 Å². The SMILES string of the molecule is CCCOc1ccc(NC(=O)c2ccc(NC(=O)C3CC3)cc2)c(C)c1. The molecule has 2 aromatic rings. The van der Waals surface area contributed by atoms with Crippen molar-refractivity contribution >= 4 is 23.2 Å². The molecule has 1 aliphatic carbocycles. The van der Waals surface area contributed by atoms with Crippen molar-refractivity contribution in [2.75, 3.05) is 17.2 Å². The van der Waals surface area contributed by atoms with Gasteiger partial charge in [-0.15, -0.1) is 0 Å². The minimum atomic E-state index is -0.185. The number of nitrogens with one attached hydrogen (secondary N) is 2. The Bertz CT molecular complexity index is 795. The second-order valence-electron chi connectivity index (χ2n) is 6.62. The Hall–Kier alpha value is -2.82. The fraction of sp³-hybridized carbons (Fsp3) is 0.333. The third-order valence-corrected chi connectivity index (χ3v) is 4.28. The van der Waals surface area contributed by atoms with E-state index in [9.17, 15) is 9.59 Å². The summed E-state index contributed by atoms with van der Waals surface area (Å²) in [4.78, 5) is 24.2. The average molecular weight is 352 g/mol. The van der Waals surface area contributed by atoms with Gasteiger partial charge in [-0.05, 0) is 74.2 Å². The zero-order chi connectivity index (χ0) is 18.5. The van der Waals surface area contributed by atoms with E-state index in [1.807, 2.05) is 25.1 Å². The van der Waals surface area contributed by atoms with Gasteiger partial charge < -0.3 is 15.4 Å². The summed E-state index contributed by atoms with van der Waals surface area (Å²) < 4.78 is 5.60. The average Bonchev–Trinajstić information content (AvgIpc) is 3.48. The van der Waals surface area contributed by atoms with Gasteiger partial charge in [-0.25, -0.2) is 0 Å². The summed E-state index contributed by atoms with van der Waals surface area (Å²) in [5.41, 5.74) is 2.96. The predicted molar refractivity (Wildman–Crippen MR) is 103 cm³/mol. The molecule has 1 aliphatic rings. The van der Waals surface area contributed by atoms with Gasteiger partial charge in [0.15, 0.2) is 0 Å². The largest absolute Gasteiger partial charge is 0.494 e. The smallest absolute Gasteiger partial charge is 0.255 e. The quantitative estimate of drug-likeness (QED) is 0.777. The number of hydrogen-bond donors (Lipinski definition) is 2. The molecular formula is C21H24N2O3. The van der Waals surface area contributed by atoms with Crippen molar-refractivity contribution in [3.8, 4) is 5.75 Å². The molecule has 3 rings (SSSR count). The molecular weight excluding hydrogens is 328 g/mol. The Morgan fingerprint density at radius 2 is 1.81 bits per heavy atom. The fourth-order valence-electron chi connectivity index (χ4n) is 2.58. The third-order valence-electron chi connectivity index (χ3n) is 4.28. The summed E-state index contributed by atoms with van der Waals surface area (Å²) in [5, 5.41) is 5.78. The lowest BCUT2D eigenvalue weighted by atomic mass is 10.1. The van der Waals surface area contributed by atoms with Crippen molar-refractivity contribution in [3.63, 3.8) is 0 Å². The van der Waals surface area contributed by atoms with E-state index in [4.69, 9.17) is 4.74 Å². The Morgan fingerprint density at radius 3 is 2.42 bits per heavy atom. The zero-order valence-electron chi connectivity index (χ0n) is 15.2. The van der Waals surface area contributed by atoms with Crippen LogP contribution in [0.5, 0.6) is 5.75 Å². The maximum Gasteiger partial charge on any atom is 0.255 e. The van der Waals surface area contributed by atoms with Crippen LogP contribution in [0, 0.1) is 12.8 Å². The van der Waals surface area contributed by atoms with E-state index in [0.29, 0.717) is 17.9 Å². The maximum atomic E-state index is 12.4. The topological polar surface area (TPSA) is 67.4 Å². The summed E-state index contributed by atoms with van der Waals surface area (Å²) in [7, 11) is 0. The summed E-state index contributed by atoms with van der Waals surface area (Å²) in [6.45, 7) is 4.67. The maximum absolute atomic E-state index is 12.4. The van der Waals surface area contributed by atoms with Gasteiger partial charge in [0.2, 0.25) is 5.91 Å². The van der Waals surface area contributed by atoms with Gasteiger partial charge in [-0.1, -0.05) is 6.92 Å². The molecule has 5 heteroatoms. The summed E-state index contributed by atoms with van der Waals surface area (Å²) in [6, 6.07) is 12.6. The van der Waals surface area contributed by atoms with E-state index >= 15 is 0 Å². The molecule has 1 saturated carbocycles. The molecule has 5 nitrogen and oxygen atoms in total. The molecule has 0 heterocycles. The Balaban J connectivity index is 1.61. The fourth-order valence-corrected chi connectivity index (χ4v) is 2.58. The molecule has 0 aromatic heterocycles. The molecule has 0 spiro atoms. The van der Waals surface area contributed by atoms with Gasteiger partial charge in [-0.2, -0.15) is 0 Å². The van der Waals surface area contributed by atoms with E-state index in [-0.39, 0.29) is 17.7 Å². The van der Waals surface area contributed by atoms with Crippen LogP contribution in [0.2, 0.25) is 0 Å². The minimum Gasteiger partial charge on any atom is -0.494 e. The van der Waals surface area contributed by atoms with Crippen molar-refractivity contribution in [1.82, 2.24) is 0 Å². The lowest BCUT2D eigenvalue weighted by Gasteiger charge is -2.11. The minimum absolute atomic E-state index is 0.0585. The van der Waals surface area contributed by atoms with Crippen LogP contribution in [0.25, 0.3) is 0 Å². The number of carbonyl (C=O) groups is 2. The lowest BCUT2D eigenvalue weighted by molar-refractivity contribution is -0.117. The molecule has 0 unspecified atom stereocenters. The highest BCUT2D eigenvalue weighted by Gasteiger charge is 2.29. The first-order valence-corrected chi connectivity index (χ1v) is 9.02. The summed E-state index contributed by atoms with van der Waals surface area (Å²) in [6.07, 6.45) is 2.89. The van der Waals surface area contributed by atoms with Crippen LogP contribution in [0.4, 0.5) is 11.4 Å². The van der Waals surface area contributed by atoms with Crippen molar-refractivity contribution in [2.45, 2.75) is 33.1 Å². The molecule has 2 N–H and O–H groups in total. The standard InChI is InChI=1S/C21H24N2O3/c1-3-12-26-18-10-11-19(14(2)13-18)23-21(25)16-6-8-17(9-7-16)22-20(24)15-4-5-15/h6-11,13,15H,3-5,12H2,1-2H3,(H,22,24)(H,23,25). The Morgan fingerprint density at radius 1 is 1.08 bits per heavy atom. The Labute approximate surface area is 153 Å². The highest BCUT2D eigenvalue weighted by molar-refractivity contribution is 6.05. The molecule has 0 radical (unpaired) electrons. The molecule has 0 aliphatic heterocycles. The third kappa shape index (κ3) is 4.63. The van der Waals surface area contributed by atoms with Crippen LogP contribution in [0.15, 0.2) is 42.5 Å². The molecule has 0 bridgehead atoms. The second-order valence-corrected chi connectivity index (χ2v) is 6.62. The van der Waals surface area contributed by atoms with Crippen molar-refractivity contribution in [2.24, 2.45) is 5.92 Å². The van der Waals surface area contributed by atoms with Crippen LogP contribution < -0.4 is 15.4 Å². The molecule has 136 valence electrons. The molecule has 1 fully saturated rings. The number of amides is 2. The van der Waals surface area contributed by atoms with Crippen LogP contribution in [0.1, 0.15) is 42.1 Å². The van der Waals surface area contributed by atoms with Gasteiger partial charge in [0.1, 0.15) is 5.75 Å². The summed E-state index contributed by atoms with van der Waals surface area (Å²) >= 11 is 0. The predicted octanol–water partition coefficient (Wildman–Crippen LogP) is 4.38. The van der Waals surface area contributed by atoms with Crippen LogP contribution in [-0.4, -0.2) is 18.4 Å². The number of hydrogen-bond acceptors (Lipinski definition) is 3. The van der Waals surface area contributed by atoms with E-state index in [2.05, 4.69) is 17.6 Å². The highest BCUT2D eigenvalue weighted by Crippen LogP contribution is 2.30. The molecule has 2 aromatic carbocycles. The Kier molecular flexibility index (Phi) is 5.56. The monoisotopic (exact) mass is 352 g/mol. The normalized spacial score (nSPS) is 13.2. The van der Waals surface area contributed by atoms with Crippen LogP contribution >= 0.6 is 0 Å². The first kappa shape index (κ1) is 18.0. The molecule has 2 amide bonds.